The molecule has 0 bridgehead atoms. The summed E-state index contributed by atoms with van der Waals surface area (Å²) in [6.45, 7) is 0. The largest absolute Gasteiger partial charge is 0.493 e. The minimum absolute atomic E-state index is 0.159. The SMILES string of the molecule is COc1ccc(C=CC(=O)n2cnc3ccccc32)cc1OC. The van der Waals surface area contributed by atoms with Gasteiger partial charge >= 0.3 is 0 Å². The van der Waals surface area contributed by atoms with Crippen LogP contribution in [0.5, 0.6) is 11.5 Å². The molecule has 0 aliphatic rings. The molecule has 23 heavy (non-hydrogen) atoms. The lowest BCUT2D eigenvalue weighted by atomic mass is 10.2. The van der Waals surface area contributed by atoms with Crippen LogP contribution in [0, 0.1) is 0 Å². The maximum absolute atomic E-state index is 12.4. The topological polar surface area (TPSA) is 53.4 Å². The molecule has 0 amide bonds. The summed E-state index contributed by atoms with van der Waals surface area (Å²) in [6, 6.07) is 13.0. The van der Waals surface area contributed by atoms with Crippen molar-refractivity contribution in [2.75, 3.05) is 14.2 Å². The quantitative estimate of drug-likeness (QED) is 0.693. The normalized spacial score (nSPS) is 11.0. The number of imidazole rings is 1. The number of rotatable bonds is 4. The van der Waals surface area contributed by atoms with E-state index in [0.717, 1.165) is 16.6 Å². The zero-order valence-corrected chi connectivity index (χ0v) is 12.9. The van der Waals surface area contributed by atoms with Crippen molar-refractivity contribution < 1.29 is 14.3 Å². The van der Waals surface area contributed by atoms with Crippen molar-refractivity contribution in [1.82, 2.24) is 9.55 Å². The molecule has 0 spiro atoms. The van der Waals surface area contributed by atoms with Crippen molar-refractivity contribution in [1.29, 1.82) is 0 Å². The number of fused-ring (bicyclic) bond motifs is 1. The number of para-hydroxylation sites is 2. The first-order chi connectivity index (χ1) is 11.2. The van der Waals surface area contributed by atoms with Crippen LogP contribution in [-0.4, -0.2) is 29.7 Å². The van der Waals surface area contributed by atoms with Crippen LogP contribution in [0.15, 0.2) is 54.9 Å². The van der Waals surface area contributed by atoms with Crippen LogP contribution >= 0.6 is 0 Å². The van der Waals surface area contributed by atoms with Gasteiger partial charge in [0.1, 0.15) is 6.33 Å². The van der Waals surface area contributed by atoms with Crippen LogP contribution in [0.3, 0.4) is 0 Å². The molecule has 3 aromatic rings. The van der Waals surface area contributed by atoms with Gasteiger partial charge < -0.3 is 9.47 Å². The van der Waals surface area contributed by atoms with Gasteiger partial charge in [0.25, 0.3) is 5.91 Å². The highest BCUT2D eigenvalue weighted by molar-refractivity contribution is 5.99. The van der Waals surface area contributed by atoms with Gasteiger partial charge in [-0.1, -0.05) is 18.2 Å². The molecule has 0 fully saturated rings. The highest BCUT2D eigenvalue weighted by Gasteiger charge is 2.07. The van der Waals surface area contributed by atoms with E-state index in [1.807, 2.05) is 36.4 Å². The van der Waals surface area contributed by atoms with Gasteiger partial charge in [-0.3, -0.25) is 9.36 Å². The smallest absolute Gasteiger partial charge is 0.256 e. The van der Waals surface area contributed by atoms with Gasteiger partial charge in [-0.2, -0.15) is 0 Å². The second kappa shape index (κ2) is 6.36. The number of hydrogen-bond acceptors (Lipinski definition) is 4. The number of aromatic nitrogens is 2. The Hall–Kier alpha value is -3.08. The van der Waals surface area contributed by atoms with Gasteiger partial charge in [-0.25, -0.2) is 4.98 Å². The summed E-state index contributed by atoms with van der Waals surface area (Å²) >= 11 is 0. The van der Waals surface area contributed by atoms with Gasteiger partial charge in [-0.15, -0.1) is 0 Å². The van der Waals surface area contributed by atoms with Gasteiger partial charge in [0.2, 0.25) is 0 Å². The molecule has 5 nitrogen and oxygen atoms in total. The van der Waals surface area contributed by atoms with Crippen molar-refractivity contribution in [3.8, 4) is 11.5 Å². The monoisotopic (exact) mass is 308 g/mol. The summed E-state index contributed by atoms with van der Waals surface area (Å²) in [7, 11) is 3.16. The number of nitrogens with zero attached hydrogens (tertiary/aromatic N) is 2. The second-order valence-corrected chi connectivity index (χ2v) is 4.89. The van der Waals surface area contributed by atoms with Crippen molar-refractivity contribution >= 4 is 23.0 Å². The molecule has 1 heterocycles. The number of methoxy groups -OCH3 is 2. The molecule has 0 aliphatic heterocycles. The highest BCUT2D eigenvalue weighted by atomic mass is 16.5. The predicted molar refractivity (Wildman–Crippen MR) is 88.9 cm³/mol. The van der Waals surface area contributed by atoms with E-state index in [4.69, 9.17) is 9.47 Å². The standard InChI is InChI=1S/C18H16N2O3/c1-22-16-9-7-13(11-17(16)23-2)8-10-18(21)20-12-19-14-5-3-4-6-15(14)20/h3-12H,1-2H3. The Morgan fingerprint density at radius 3 is 2.65 bits per heavy atom. The van der Waals surface area contributed by atoms with Crippen molar-refractivity contribution in [2.45, 2.75) is 0 Å². The fraction of sp³-hybridized carbons (Fsp3) is 0.111. The van der Waals surface area contributed by atoms with E-state index in [9.17, 15) is 4.79 Å². The van der Waals surface area contributed by atoms with E-state index in [2.05, 4.69) is 4.98 Å². The van der Waals surface area contributed by atoms with Crippen molar-refractivity contribution in [2.24, 2.45) is 0 Å². The van der Waals surface area contributed by atoms with E-state index in [1.165, 1.54) is 17.0 Å². The number of ether oxygens (including phenoxy) is 2. The van der Waals surface area contributed by atoms with E-state index < -0.39 is 0 Å². The lowest BCUT2D eigenvalue weighted by Gasteiger charge is -2.07. The van der Waals surface area contributed by atoms with Gasteiger partial charge in [0, 0.05) is 6.08 Å². The fourth-order valence-electron chi connectivity index (χ4n) is 2.34. The molecule has 0 aliphatic carbocycles. The first-order valence-corrected chi connectivity index (χ1v) is 7.09. The Kier molecular flexibility index (Phi) is 4.10. The zero-order chi connectivity index (χ0) is 16.2. The summed E-state index contributed by atoms with van der Waals surface area (Å²) in [5.41, 5.74) is 2.43. The van der Waals surface area contributed by atoms with Crippen LogP contribution in [0.25, 0.3) is 17.1 Å². The fourth-order valence-corrected chi connectivity index (χ4v) is 2.34. The lowest BCUT2D eigenvalue weighted by molar-refractivity contribution is 0.0974. The Balaban J connectivity index is 1.86. The molecule has 0 radical (unpaired) electrons. The molecule has 0 saturated carbocycles. The first kappa shape index (κ1) is 14.8. The summed E-state index contributed by atoms with van der Waals surface area (Å²) < 4.78 is 12.0. The molecule has 0 N–H and O–H groups in total. The highest BCUT2D eigenvalue weighted by Crippen LogP contribution is 2.28. The molecule has 0 atom stereocenters. The summed E-state index contributed by atoms with van der Waals surface area (Å²) in [5.74, 6) is 1.11. The zero-order valence-electron chi connectivity index (χ0n) is 12.9. The van der Waals surface area contributed by atoms with Crippen LogP contribution in [0.1, 0.15) is 10.4 Å². The van der Waals surface area contributed by atoms with E-state index >= 15 is 0 Å². The Morgan fingerprint density at radius 1 is 1.09 bits per heavy atom. The van der Waals surface area contributed by atoms with Crippen LogP contribution in [0.2, 0.25) is 0 Å². The molecule has 5 heteroatoms. The average Bonchev–Trinajstić information content (AvgIpc) is 3.03. The number of hydrogen-bond donors (Lipinski definition) is 0. The molecule has 2 aromatic carbocycles. The second-order valence-electron chi connectivity index (χ2n) is 4.89. The number of carbonyl (C=O) groups is 1. The van der Waals surface area contributed by atoms with E-state index in [-0.39, 0.29) is 5.91 Å². The summed E-state index contributed by atoms with van der Waals surface area (Å²) in [5, 5.41) is 0. The Bertz CT molecular complexity index is 881. The van der Waals surface area contributed by atoms with Gasteiger partial charge in [0.05, 0.1) is 25.3 Å². The third kappa shape index (κ3) is 2.94. The Morgan fingerprint density at radius 2 is 1.87 bits per heavy atom. The minimum Gasteiger partial charge on any atom is -0.493 e. The molecule has 1 aromatic heterocycles. The number of benzene rings is 2. The summed E-state index contributed by atoms with van der Waals surface area (Å²) in [4.78, 5) is 16.6. The van der Waals surface area contributed by atoms with Crippen molar-refractivity contribution in [3.63, 3.8) is 0 Å². The van der Waals surface area contributed by atoms with Crippen LogP contribution in [0.4, 0.5) is 0 Å². The lowest BCUT2D eigenvalue weighted by Crippen LogP contribution is -2.05. The van der Waals surface area contributed by atoms with Crippen molar-refractivity contribution in [3.05, 3.63) is 60.4 Å². The third-order valence-corrected chi connectivity index (χ3v) is 3.52. The van der Waals surface area contributed by atoms with Gasteiger partial charge in [0.15, 0.2) is 11.5 Å². The molecule has 3 rings (SSSR count). The molecular formula is C18H16N2O3. The minimum atomic E-state index is -0.159. The molecule has 0 saturated heterocycles. The van der Waals surface area contributed by atoms with Crippen LogP contribution < -0.4 is 9.47 Å². The number of allylic oxidation sites excluding steroid dienone is 1. The third-order valence-electron chi connectivity index (χ3n) is 3.52. The number of carbonyl (C=O) groups excluding carboxylic acids is 1. The first-order valence-electron chi connectivity index (χ1n) is 7.09. The molecular weight excluding hydrogens is 292 g/mol. The maximum Gasteiger partial charge on any atom is 0.256 e. The van der Waals surface area contributed by atoms with E-state index in [1.54, 1.807) is 26.4 Å². The van der Waals surface area contributed by atoms with Crippen LogP contribution in [-0.2, 0) is 0 Å². The molecule has 0 unspecified atom stereocenters. The van der Waals surface area contributed by atoms with E-state index in [0.29, 0.717) is 11.5 Å². The predicted octanol–water partition coefficient (Wildman–Crippen LogP) is 3.41. The Labute approximate surface area is 133 Å². The molecule has 116 valence electrons. The summed E-state index contributed by atoms with van der Waals surface area (Å²) in [6.07, 6.45) is 4.78. The van der Waals surface area contributed by atoms with Gasteiger partial charge in [-0.05, 0) is 35.9 Å². The maximum atomic E-state index is 12.4. The average molecular weight is 308 g/mol.